The Morgan fingerprint density at radius 1 is 1.18 bits per heavy atom. The smallest absolute Gasteiger partial charge is 0.350 e. The van der Waals surface area contributed by atoms with Crippen LogP contribution in [0.25, 0.3) is 0 Å². The van der Waals surface area contributed by atoms with Crippen molar-refractivity contribution in [2.45, 2.75) is 25.1 Å². The second-order valence-corrected chi connectivity index (χ2v) is 10.9. The quantitative estimate of drug-likeness (QED) is 0.364. The van der Waals surface area contributed by atoms with Crippen LogP contribution in [-0.4, -0.2) is 47.7 Å². The maximum Gasteiger partial charge on any atom is 0.421 e. The van der Waals surface area contributed by atoms with Gasteiger partial charge in [-0.3, -0.25) is 4.79 Å². The predicted octanol–water partition coefficient (Wildman–Crippen LogP) is 4.61. The zero-order chi connectivity index (χ0) is 28.2. The van der Waals surface area contributed by atoms with Crippen LogP contribution in [0.4, 0.5) is 36.3 Å². The number of carbonyl (C=O) groups is 1. The van der Waals surface area contributed by atoms with E-state index in [9.17, 15) is 26.4 Å². The fourth-order valence-corrected chi connectivity index (χ4v) is 5.21. The summed E-state index contributed by atoms with van der Waals surface area (Å²) in [7, 11) is -3.62. The van der Waals surface area contributed by atoms with E-state index < -0.39 is 39.5 Å². The molecule has 2 aromatic rings. The van der Waals surface area contributed by atoms with Gasteiger partial charge in [0.15, 0.2) is 0 Å². The lowest BCUT2D eigenvalue weighted by Gasteiger charge is -2.19. The summed E-state index contributed by atoms with van der Waals surface area (Å²) in [5, 5.41) is 9.09. The van der Waals surface area contributed by atoms with E-state index in [1.54, 1.807) is 18.2 Å². The molecule has 0 radical (unpaired) electrons. The number of nitrogens with zero attached hydrogens (tertiary/aromatic N) is 3. The SMILES string of the molecule is C=CC(=O)Nc1cc(CC2C=CC=C2)ccc1Nc1nc(NC2CCN(S(=O)(=O)C=C)C2)ncc1C(F)(F)F. The number of hydrogen-bond acceptors (Lipinski definition) is 7. The van der Waals surface area contributed by atoms with Crippen LogP contribution in [0.15, 0.2) is 73.3 Å². The van der Waals surface area contributed by atoms with E-state index >= 15 is 0 Å². The monoisotopic (exact) mass is 560 g/mol. The van der Waals surface area contributed by atoms with Crippen molar-refractivity contribution in [2.24, 2.45) is 5.92 Å². The van der Waals surface area contributed by atoms with Crippen LogP contribution in [0.5, 0.6) is 0 Å². The molecule has 1 aliphatic carbocycles. The Morgan fingerprint density at radius 2 is 1.92 bits per heavy atom. The summed E-state index contributed by atoms with van der Waals surface area (Å²) in [6, 6.07) is 4.60. The van der Waals surface area contributed by atoms with Gasteiger partial charge in [0.05, 0.1) is 11.4 Å². The second-order valence-electron chi connectivity index (χ2n) is 8.99. The molecular weight excluding hydrogens is 533 g/mol. The molecule has 1 aromatic heterocycles. The lowest BCUT2D eigenvalue weighted by Crippen LogP contribution is -2.30. The van der Waals surface area contributed by atoms with Gasteiger partial charge in [0.2, 0.25) is 21.9 Å². The lowest BCUT2D eigenvalue weighted by molar-refractivity contribution is -0.137. The fraction of sp³-hybridized carbons (Fsp3) is 0.269. The molecule has 1 unspecified atom stereocenters. The van der Waals surface area contributed by atoms with Gasteiger partial charge in [-0.25, -0.2) is 13.4 Å². The van der Waals surface area contributed by atoms with Gasteiger partial charge in [-0.15, -0.1) is 0 Å². The minimum atomic E-state index is -4.77. The van der Waals surface area contributed by atoms with E-state index in [2.05, 4.69) is 39.1 Å². The van der Waals surface area contributed by atoms with E-state index in [1.165, 1.54) is 4.31 Å². The summed E-state index contributed by atoms with van der Waals surface area (Å²) in [6.07, 6.45) is 5.90. The van der Waals surface area contributed by atoms with Crippen LogP contribution in [0.2, 0.25) is 0 Å². The maximum atomic E-state index is 13.8. The zero-order valence-corrected chi connectivity index (χ0v) is 21.6. The first-order chi connectivity index (χ1) is 18.5. The molecular formula is C26H27F3N6O3S. The van der Waals surface area contributed by atoms with Crippen LogP contribution in [0, 0.1) is 5.92 Å². The third kappa shape index (κ3) is 6.92. The van der Waals surface area contributed by atoms with Crippen molar-refractivity contribution in [2.75, 3.05) is 29.0 Å². The normalized spacial score (nSPS) is 17.8. The van der Waals surface area contributed by atoms with Crippen LogP contribution >= 0.6 is 0 Å². The van der Waals surface area contributed by atoms with Crippen LogP contribution < -0.4 is 16.0 Å². The summed E-state index contributed by atoms with van der Waals surface area (Å²) in [5.41, 5.74) is 0.195. The number of nitrogens with one attached hydrogen (secondary N) is 3. The molecule has 2 aliphatic rings. The number of amides is 1. The Balaban J connectivity index is 1.62. The second kappa shape index (κ2) is 11.4. The van der Waals surface area contributed by atoms with Crippen LogP contribution in [-0.2, 0) is 27.4 Å². The number of allylic oxidation sites excluding steroid dienone is 4. The van der Waals surface area contributed by atoms with Gasteiger partial charge in [0.25, 0.3) is 0 Å². The molecule has 0 spiro atoms. The Morgan fingerprint density at radius 3 is 2.59 bits per heavy atom. The molecule has 0 bridgehead atoms. The van der Waals surface area contributed by atoms with E-state index in [0.717, 1.165) is 17.0 Å². The van der Waals surface area contributed by atoms with Crippen molar-refractivity contribution in [3.63, 3.8) is 0 Å². The topological polar surface area (TPSA) is 116 Å². The van der Waals surface area contributed by atoms with Gasteiger partial charge in [-0.05, 0) is 42.5 Å². The Bertz CT molecular complexity index is 1430. The van der Waals surface area contributed by atoms with E-state index in [1.807, 2.05) is 24.3 Å². The highest BCUT2D eigenvalue weighted by atomic mass is 32.2. The van der Waals surface area contributed by atoms with Gasteiger partial charge in [0, 0.05) is 30.7 Å². The van der Waals surface area contributed by atoms with E-state index in [-0.39, 0.29) is 36.3 Å². The molecule has 4 rings (SSSR count). The molecule has 1 amide bonds. The highest BCUT2D eigenvalue weighted by Gasteiger charge is 2.36. The minimum absolute atomic E-state index is 0.0893. The van der Waals surface area contributed by atoms with Crippen molar-refractivity contribution in [3.05, 3.63) is 84.5 Å². The van der Waals surface area contributed by atoms with Crippen LogP contribution in [0.3, 0.4) is 0 Å². The molecule has 3 N–H and O–H groups in total. The summed E-state index contributed by atoms with van der Waals surface area (Å²) < 4.78 is 66.8. The lowest BCUT2D eigenvalue weighted by atomic mass is 10.00. The number of anilines is 4. The number of sulfonamides is 1. The first kappa shape index (κ1) is 28.0. The molecule has 2 heterocycles. The number of aromatic nitrogens is 2. The molecule has 1 fully saturated rings. The van der Waals surface area contributed by atoms with E-state index in [4.69, 9.17) is 0 Å². The third-order valence-corrected chi connectivity index (χ3v) is 7.70. The average molecular weight is 561 g/mol. The predicted molar refractivity (Wildman–Crippen MR) is 144 cm³/mol. The molecule has 1 atom stereocenters. The van der Waals surface area contributed by atoms with Crippen molar-refractivity contribution in [1.82, 2.24) is 14.3 Å². The Labute approximate surface area is 224 Å². The highest BCUT2D eigenvalue weighted by molar-refractivity contribution is 7.92. The molecule has 1 aliphatic heterocycles. The molecule has 9 nitrogen and oxygen atoms in total. The molecule has 0 saturated carbocycles. The third-order valence-electron chi connectivity index (χ3n) is 6.23. The number of benzene rings is 1. The van der Waals surface area contributed by atoms with Crippen LogP contribution in [0.1, 0.15) is 17.5 Å². The van der Waals surface area contributed by atoms with Crippen molar-refractivity contribution < 1.29 is 26.4 Å². The van der Waals surface area contributed by atoms with Crippen molar-refractivity contribution in [1.29, 1.82) is 0 Å². The van der Waals surface area contributed by atoms with E-state index in [0.29, 0.717) is 19.0 Å². The number of alkyl halides is 3. The van der Waals surface area contributed by atoms with Crippen molar-refractivity contribution in [3.8, 4) is 0 Å². The molecule has 13 heteroatoms. The molecule has 206 valence electrons. The summed E-state index contributed by atoms with van der Waals surface area (Å²) >= 11 is 0. The zero-order valence-electron chi connectivity index (χ0n) is 20.8. The van der Waals surface area contributed by atoms with Gasteiger partial charge < -0.3 is 16.0 Å². The Kier molecular flexibility index (Phi) is 8.21. The number of halogens is 3. The largest absolute Gasteiger partial charge is 0.421 e. The minimum Gasteiger partial charge on any atom is -0.350 e. The first-order valence-corrected chi connectivity index (χ1v) is 13.5. The number of carbonyl (C=O) groups excluding carboxylic acids is 1. The number of rotatable bonds is 10. The van der Waals surface area contributed by atoms with Crippen molar-refractivity contribution >= 4 is 39.1 Å². The molecule has 1 saturated heterocycles. The first-order valence-electron chi connectivity index (χ1n) is 12.0. The molecule has 1 aromatic carbocycles. The maximum absolute atomic E-state index is 13.8. The van der Waals surface area contributed by atoms with Gasteiger partial charge in [0.1, 0.15) is 11.4 Å². The summed E-state index contributed by atoms with van der Waals surface area (Å²) in [4.78, 5) is 20.0. The van der Waals surface area contributed by atoms with Gasteiger partial charge in [-0.1, -0.05) is 43.5 Å². The summed E-state index contributed by atoms with van der Waals surface area (Å²) in [6.45, 7) is 7.05. The van der Waals surface area contributed by atoms with Gasteiger partial charge in [-0.2, -0.15) is 22.5 Å². The average Bonchev–Trinajstić information content (AvgIpc) is 3.58. The number of hydrogen-bond donors (Lipinski definition) is 3. The molecule has 39 heavy (non-hydrogen) atoms. The standard InChI is InChI=1S/C26H27F3N6O3S/c1-3-23(36)32-22-14-18(13-17-7-5-6-8-17)9-10-21(22)33-24-20(26(27,28)29)15-30-25(34-24)31-19-11-12-35(16-19)39(37,38)4-2/h3-10,14-15,17,19H,1-2,11-13,16H2,(H,32,36)(H2,30,31,33,34). The Hall–Kier alpha value is -3.97. The summed E-state index contributed by atoms with van der Waals surface area (Å²) in [5.74, 6) is -0.997. The fourth-order valence-electron chi connectivity index (χ4n) is 4.25. The van der Waals surface area contributed by atoms with Gasteiger partial charge >= 0.3 is 6.18 Å². The highest BCUT2D eigenvalue weighted by Crippen LogP contribution is 2.37.